The van der Waals surface area contributed by atoms with Crippen molar-refractivity contribution in [1.29, 1.82) is 0 Å². The van der Waals surface area contributed by atoms with E-state index in [0.29, 0.717) is 0 Å². The third-order valence-electron chi connectivity index (χ3n) is 3.91. The predicted molar refractivity (Wildman–Crippen MR) is 75.9 cm³/mol. The lowest BCUT2D eigenvalue weighted by atomic mass is 9.79. The molecule has 1 aliphatic heterocycles. The molecule has 0 aliphatic carbocycles. The fourth-order valence-corrected chi connectivity index (χ4v) is 3.11. The molecule has 0 unspecified atom stereocenters. The van der Waals surface area contributed by atoms with Gasteiger partial charge >= 0.3 is 0 Å². The quantitative estimate of drug-likeness (QED) is 0.624. The summed E-state index contributed by atoms with van der Waals surface area (Å²) in [5.74, 6) is 0. The maximum Gasteiger partial charge on any atom is 0.209 e. The Morgan fingerprint density at radius 2 is 1.30 bits per heavy atom. The van der Waals surface area contributed by atoms with Crippen LogP contribution in [0.4, 0.5) is 5.69 Å². The summed E-state index contributed by atoms with van der Waals surface area (Å²) in [5.41, 5.74) is 5.48. The molecule has 0 saturated heterocycles. The zero-order chi connectivity index (χ0) is 17.3. The second kappa shape index (κ2) is 6.39. The van der Waals surface area contributed by atoms with Crippen molar-refractivity contribution >= 4 is 11.4 Å². The van der Waals surface area contributed by atoms with Gasteiger partial charge in [-0.05, 0) is 26.0 Å². The van der Waals surface area contributed by atoms with E-state index in [-0.39, 0.29) is 5.41 Å². The van der Waals surface area contributed by atoms with Gasteiger partial charge in [0.1, 0.15) is 7.05 Å². The maximum atomic E-state index is 8.49. The molecule has 0 spiro atoms. The lowest BCUT2D eigenvalue weighted by Crippen LogP contribution is -2.68. The highest BCUT2D eigenvalue weighted by Gasteiger charge is 2.44. The van der Waals surface area contributed by atoms with Crippen molar-refractivity contribution < 1.29 is 33.5 Å². The standard InChI is InChI=1S/C17H18N.ClHO4/c1-17(2)14-11-7-8-12-15(14)18(3)16(17)13-9-5-4-6-10-13;2-1(3,4)5/h4-12H,1-3H3;(H,2,3,4,5)/q+1;/p-1. The zero-order valence-electron chi connectivity index (χ0n) is 13.2. The van der Waals surface area contributed by atoms with Gasteiger partial charge in [0.05, 0.1) is 5.41 Å². The molecule has 0 radical (unpaired) electrons. The fourth-order valence-electron chi connectivity index (χ4n) is 3.11. The average Bonchev–Trinajstić information content (AvgIpc) is 2.66. The van der Waals surface area contributed by atoms with Crippen LogP contribution in [0.3, 0.4) is 0 Å². The first kappa shape index (κ1) is 17.6. The Morgan fingerprint density at radius 1 is 0.826 bits per heavy atom. The summed E-state index contributed by atoms with van der Waals surface area (Å²) in [6.45, 7) is 4.61. The number of halogens is 1. The van der Waals surface area contributed by atoms with Crippen LogP contribution in [0.1, 0.15) is 25.0 Å². The van der Waals surface area contributed by atoms with Gasteiger partial charge in [-0.2, -0.15) is 4.58 Å². The Balaban J connectivity index is 0.000000338. The molecule has 2 aromatic rings. The molecule has 3 rings (SSSR count). The van der Waals surface area contributed by atoms with Crippen molar-refractivity contribution in [3.05, 3.63) is 65.7 Å². The molecule has 2 aromatic carbocycles. The Morgan fingerprint density at radius 3 is 1.83 bits per heavy atom. The van der Waals surface area contributed by atoms with Crippen LogP contribution in [0.2, 0.25) is 0 Å². The van der Waals surface area contributed by atoms with Gasteiger partial charge in [-0.1, -0.05) is 36.4 Å². The Kier molecular flexibility index (Phi) is 4.89. The van der Waals surface area contributed by atoms with Gasteiger partial charge in [0, 0.05) is 17.2 Å². The molecule has 0 aromatic heterocycles. The number of benzene rings is 2. The molecule has 122 valence electrons. The molecule has 6 heteroatoms. The van der Waals surface area contributed by atoms with Crippen LogP contribution in [-0.4, -0.2) is 17.3 Å². The third kappa shape index (κ3) is 3.96. The van der Waals surface area contributed by atoms with E-state index in [2.05, 4.69) is 80.1 Å². The van der Waals surface area contributed by atoms with Gasteiger partial charge in [-0.15, -0.1) is 10.2 Å². The largest absolute Gasteiger partial charge is 0.222 e. The van der Waals surface area contributed by atoms with Crippen LogP contribution < -0.4 is 18.6 Å². The normalized spacial score (nSPS) is 15.8. The van der Waals surface area contributed by atoms with E-state index < -0.39 is 10.2 Å². The van der Waals surface area contributed by atoms with E-state index in [1.165, 1.54) is 22.5 Å². The average molecular weight is 336 g/mol. The molecule has 5 nitrogen and oxygen atoms in total. The van der Waals surface area contributed by atoms with E-state index in [1.807, 2.05) is 0 Å². The van der Waals surface area contributed by atoms with E-state index >= 15 is 0 Å². The highest BCUT2D eigenvalue weighted by atomic mass is 35.7. The van der Waals surface area contributed by atoms with Crippen molar-refractivity contribution in [3.8, 4) is 0 Å². The molecular formula is C17H18ClNO4. The summed E-state index contributed by atoms with van der Waals surface area (Å²) in [7, 11) is -2.78. The number of hydrogen-bond donors (Lipinski definition) is 0. The first-order valence-electron chi connectivity index (χ1n) is 7.00. The van der Waals surface area contributed by atoms with Gasteiger partial charge in [0.2, 0.25) is 5.69 Å². The molecule has 1 aliphatic rings. The van der Waals surface area contributed by atoms with E-state index in [4.69, 9.17) is 18.6 Å². The summed E-state index contributed by atoms with van der Waals surface area (Å²) in [6, 6.07) is 19.3. The van der Waals surface area contributed by atoms with Gasteiger partial charge < -0.3 is 0 Å². The molecule has 0 amide bonds. The lowest BCUT2D eigenvalue weighted by Gasteiger charge is -2.17. The van der Waals surface area contributed by atoms with Crippen LogP contribution in [0.25, 0.3) is 0 Å². The van der Waals surface area contributed by atoms with Crippen LogP contribution in [0, 0.1) is 10.2 Å². The molecule has 0 atom stereocenters. The third-order valence-corrected chi connectivity index (χ3v) is 3.91. The SMILES string of the molecule is C[N+]1=C(c2ccccc2)C(C)(C)c2ccccc21.[O-][Cl+3]([O-])([O-])[O-]. The molecule has 0 bridgehead atoms. The first-order valence-corrected chi connectivity index (χ1v) is 8.23. The van der Waals surface area contributed by atoms with Crippen LogP contribution in [-0.2, 0) is 5.41 Å². The van der Waals surface area contributed by atoms with Crippen molar-refractivity contribution in [3.63, 3.8) is 0 Å². The summed E-state index contributed by atoms with van der Waals surface area (Å²) in [5, 5.41) is 0. The fraction of sp³-hybridized carbons (Fsp3) is 0.235. The first-order chi connectivity index (χ1) is 10.6. The summed E-state index contributed by atoms with van der Waals surface area (Å²) in [6.07, 6.45) is 0. The topological polar surface area (TPSA) is 95.2 Å². The van der Waals surface area contributed by atoms with Gasteiger partial charge in [-0.3, -0.25) is 0 Å². The molecular weight excluding hydrogens is 318 g/mol. The highest BCUT2D eigenvalue weighted by molar-refractivity contribution is 6.07. The van der Waals surface area contributed by atoms with Crippen LogP contribution >= 0.6 is 0 Å². The smallest absolute Gasteiger partial charge is 0.209 e. The maximum absolute atomic E-state index is 8.49. The second-order valence-corrected chi connectivity index (χ2v) is 6.55. The van der Waals surface area contributed by atoms with Crippen molar-refractivity contribution in [2.24, 2.45) is 0 Å². The highest BCUT2D eigenvalue weighted by Crippen LogP contribution is 2.40. The van der Waals surface area contributed by atoms with Gasteiger partial charge in [-0.25, -0.2) is 18.6 Å². The summed E-state index contributed by atoms with van der Waals surface area (Å²) in [4.78, 5) is 0. The van der Waals surface area contributed by atoms with Crippen molar-refractivity contribution in [2.45, 2.75) is 19.3 Å². The van der Waals surface area contributed by atoms with E-state index in [9.17, 15) is 0 Å². The number of nitrogens with zero attached hydrogens (tertiary/aromatic N) is 1. The Labute approximate surface area is 137 Å². The zero-order valence-corrected chi connectivity index (χ0v) is 13.9. The lowest BCUT2D eigenvalue weighted by molar-refractivity contribution is -2.00. The number of para-hydroxylation sites is 1. The summed E-state index contributed by atoms with van der Waals surface area (Å²) >= 11 is 0. The molecule has 1 heterocycles. The van der Waals surface area contributed by atoms with E-state index in [1.54, 1.807) is 0 Å². The number of hydrogen-bond acceptors (Lipinski definition) is 4. The Hall–Kier alpha value is -1.76. The Bertz CT molecular complexity index is 715. The summed E-state index contributed by atoms with van der Waals surface area (Å²) < 4.78 is 36.3. The van der Waals surface area contributed by atoms with Crippen LogP contribution in [0.15, 0.2) is 54.6 Å². The van der Waals surface area contributed by atoms with Crippen LogP contribution in [0.5, 0.6) is 0 Å². The van der Waals surface area contributed by atoms with Crippen molar-refractivity contribution in [2.75, 3.05) is 7.05 Å². The van der Waals surface area contributed by atoms with E-state index in [0.717, 1.165) is 0 Å². The molecule has 0 fully saturated rings. The minimum Gasteiger partial charge on any atom is -0.222 e. The van der Waals surface area contributed by atoms with Crippen molar-refractivity contribution in [1.82, 2.24) is 0 Å². The molecule has 23 heavy (non-hydrogen) atoms. The number of fused-ring (bicyclic) bond motifs is 1. The monoisotopic (exact) mass is 335 g/mol. The molecule has 0 saturated carbocycles. The van der Waals surface area contributed by atoms with Gasteiger partial charge in [0.25, 0.3) is 0 Å². The predicted octanol–water partition coefficient (Wildman–Crippen LogP) is -1.02. The second-order valence-electron chi connectivity index (χ2n) is 5.79. The number of rotatable bonds is 1. The minimum atomic E-state index is -4.94. The molecule has 0 N–H and O–H groups in total. The van der Waals surface area contributed by atoms with Gasteiger partial charge in [0.15, 0.2) is 5.71 Å². The minimum absolute atomic E-state index is 0.0622.